The first kappa shape index (κ1) is 21.5. The van der Waals surface area contributed by atoms with Gasteiger partial charge in [0.15, 0.2) is 5.96 Å². The zero-order valence-corrected chi connectivity index (χ0v) is 18.2. The summed E-state index contributed by atoms with van der Waals surface area (Å²) in [4.78, 5) is 8.78. The van der Waals surface area contributed by atoms with Crippen LogP contribution in [0.3, 0.4) is 0 Å². The van der Waals surface area contributed by atoms with Crippen molar-refractivity contribution in [3.63, 3.8) is 0 Å². The van der Waals surface area contributed by atoms with Crippen LogP contribution in [0.2, 0.25) is 10.0 Å². The lowest BCUT2D eigenvalue weighted by atomic mass is 10.1. The topological polar surface area (TPSA) is 63.3 Å². The molecule has 0 aliphatic heterocycles. The number of nitrogens with zero attached hydrogens (tertiary/aromatic N) is 2. The Morgan fingerprint density at radius 1 is 1.42 bits per heavy atom. The summed E-state index contributed by atoms with van der Waals surface area (Å²) in [6.07, 6.45) is 1.85. The Labute approximate surface area is 173 Å². The standard InChI is InChI=1S/C16H20Cl2N4S.HI/c1-10-9-23-15(21-10)4-3-7-20-16(19)22-11(2)13-6-5-12(17)8-14(13)18;/h5-6,8-9,11H,3-4,7H2,1-2H3,(H3,19,20,22);1H. The molecule has 2 rings (SSSR count). The van der Waals surface area contributed by atoms with E-state index in [-0.39, 0.29) is 30.0 Å². The number of hydrogen-bond donors (Lipinski definition) is 2. The van der Waals surface area contributed by atoms with Gasteiger partial charge in [0.05, 0.1) is 11.0 Å². The van der Waals surface area contributed by atoms with Crippen LogP contribution in [-0.4, -0.2) is 17.5 Å². The quantitative estimate of drug-likeness (QED) is 0.255. The van der Waals surface area contributed by atoms with Gasteiger partial charge in [-0.15, -0.1) is 35.3 Å². The van der Waals surface area contributed by atoms with Crippen LogP contribution in [0, 0.1) is 6.92 Å². The van der Waals surface area contributed by atoms with E-state index in [1.807, 2.05) is 26.0 Å². The minimum Gasteiger partial charge on any atom is -0.370 e. The largest absolute Gasteiger partial charge is 0.370 e. The summed E-state index contributed by atoms with van der Waals surface area (Å²) >= 11 is 13.8. The van der Waals surface area contributed by atoms with Gasteiger partial charge in [-0.1, -0.05) is 29.3 Å². The molecule has 0 fully saturated rings. The maximum atomic E-state index is 6.19. The minimum atomic E-state index is -0.0369. The Balaban J connectivity index is 0.00000288. The van der Waals surface area contributed by atoms with Crippen LogP contribution in [0.5, 0.6) is 0 Å². The Morgan fingerprint density at radius 2 is 2.17 bits per heavy atom. The third-order valence-corrected chi connectivity index (χ3v) is 4.88. The van der Waals surface area contributed by atoms with Crippen LogP contribution in [0.15, 0.2) is 28.6 Å². The molecular formula is C16H21Cl2IN4S. The molecule has 1 aromatic heterocycles. The molecule has 0 aliphatic carbocycles. The van der Waals surface area contributed by atoms with Gasteiger partial charge >= 0.3 is 0 Å². The lowest BCUT2D eigenvalue weighted by molar-refractivity contribution is 0.704. The number of thiazole rings is 1. The Morgan fingerprint density at radius 3 is 2.79 bits per heavy atom. The zero-order chi connectivity index (χ0) is 16.8. The molecule has 8 heteroatoms. The van der Waals surface area contributed by atoms with Gasteiger partial charge in [0.2, 0.25) is 0 Å². The highest BCUT2D eigenvalue weighted by Gasteiger charge is 2.10. The van der Waals surface area contributed by atoms with Crippen LogP contribution in [-0.2, 0) is 6.42 Å². The number of halogens is 3. The van der Waals surface area contributed by atoms with Crippen molar-refractivity contribution < 1.29 is 0 Å². The first-order valence-electron chi connectivity index (χ1n) is 7.38. The van der Waals surface area contributed by atoms with Crippen molar-refractivity contribution in [1.82, 2.24) is 10.3 Å². The summed E-state index contributed by atoms with van der Waals surface area (Å²) in [5.74, 6) is 0.416. The summed E-state index contributed by atoms with van der Waals surface area (Å²) in [6, 6.07) is 5.38. The fraction of sp³-hybridized carbons (Fsp3) is 0.375. The monoisotopic (exact) mass is 498 g/mol. The predicted octanol–water partition coefficient (Wildman–Crippen LogP) is 4.97. The SMILES string of the molecule is Cc1csc(CCCN=C(N)NC(C)c2ccc(Cl)cc2Cl)n1.I. The van der Waals surface area contributed by atoms with E-state index in [1.165, 1.54) is 0 Å². The summed E-state index contributed by atoms with van der Waals surface area (Å²) < 4.78 is 0. The number of nitrogens with two attached hydrogens (primary N) is 1. The maximum Gasteiger partial charge on any atom is 0.189 e. The van der Waals surface area contributed by atoms with E-state index in [0.717, 1.165) is 29.1 Å². The van der Waals surface area contributed by atoms with Crippen LogP contribution >= 0.6 is 58.5 Å². The molecule has 1 atom stereocenters. The van der Waals surface area contributed by atoms with E-state index < -0.39 is 0 Å². The van der Waals surface area contributed by atoms with Crippen molar-refractivity contribution in [2.45, 2.75) is 32.7 Å². The number of aliphatic imine (C=N–C) groups is 1. The van der Waals surface area contributed by atoms with Crippen LogP contribution in [0.4, 0.5) is 0 Å². The van der Waals surface area contributed by atoms with Gasteiger partial charge in [-0.05, 0) is 38.0 Å². The molecule has 2 aromatic rings. The van der Waals surface area contributed by atoms with Gasteiger partial charge in [-0.3, -0.25) is 4.99 Å². The van der Waals surface area contributed by atoms with Crippen molar-refractivity contribution >= 4 is 64.5 Å². The second-order valence-corrected chi connectivity index (χ2v) is 7.07. The molecule has 1 unspecified atom stereocenters. The second kappa shape index (κ2) is 10.4. The number of hydrogen-bond acceptors (Lipinski definition) is 3. The van der Waals surface area contributed by atoms with E-state index in [4.69, 9.17) is 28.9 Å². The average molecular weight is 499 g/mol. The minimum absolute atomic E-state index is 0. The summed E-state index contributed by atoms with van der Waals surface area (Å²) in [5, 5.41) is 7.58. The molecule has 0 spiro atoms. The lowest BCUT2D eigenvalue weighted by Crippen LogP contribution is -2.34. The molecule has 132 valence electrons. The van der Waals surface area contributed by atoms with Crippen molar-refractivity contribution in [1.29, 1.82) is 0 Å². The van der Waals surface area contributed by atoms with Gasteiger partial charge < -0.3 is 11.1 Å². The highest BCUT2D eigenvalue weighted by molar-refractivity contribution is 14.0. The molecule has 0 amide bonds. The molecule has 1 aromatic carbocycles. The van der Waals surface area contributed by atoms with Gasteiger partial charge in [0, 0.05) is 34.1 Å². The van der Waals surface area contributed by atoms with Crippen LogP contribution in [0.25, 0.3) is 0 Å². The van der Waals surface area contributed by atoms with Crippen molar-refractivity contribution in [2.75, 3.05) is 6.54 Å². The molecule has 4 nitrogen and oxygen atoms in total. The number of benzene rings is 1. The van der Waals surface area contributed by atoms with Gasteiger partial charge in [-0.25, -0.2) is 4.98 Å². The van der Waals surface area contributed by atoms with Crippen molar-refractivity contribution in [2.24, 2.45) is 10.7 Å². The van der Waals surface area contributed by atoms with Crippen LogP contribution < -0.4 is 11.1 Å². The van der Waals surface area contributed by atoms with E-state index in [0.29, 0.717) is 22.5 Å². The van der Waals surface area contributed by atoms with Gasteiger partial charge in [-0.2, -0.15) is 0 Å². The number of guanidine groups is 1. The molecule has 0 bridgehead atoms. The molecule has 0 saturated heterocycles. The average Bonchev–Trinajstić information content (AvgIpc) is 2.89. The highest BCUT2D eigenvalue weighted by Crippen LogP contribution is 2.25. The Bertz CT molecular complexity index is 690. The number of nitrogens with one attached hydrogen (secondary N) is 1. The summed E-state index contributed by atoms with van der Waals surface area (Å²) in [5.41, 5.74) is 7.94. The first-order chi connectivity index (χ1) is 11.0. The Kier molecular flexibility index (Phi) is 9.33. The summed E-state index contributed by atoms with van der Waals surface area (Å²) in [6.45, 7) is 4.65. The summed E-state index contributed by atoms with van der Waals surface area (Å²) in [7, 11) is 0. The Hall–Kier alpha value is -0.570. The van der Waals surface area contributed by atoms with Crippen molar-refractivity contribution in [3.8, 4) is 0 Å². The third-order valence-electron chi connectivity index (χ3n) is 3.29. The smallest absolute Gasteiger partial charge is 0.189 e. The lowest BCUT2D eigenvalue weighted by Gasteiger charge is -2.16. The van der Waals surface area contributed by atoms with E-state index >= 15 is 0 Å². The fourth-order valence-electron chi connectivity index (χ4n) is 2.15. The molecule has 24 heavy (non-hydrogen) atoms. The molecule has 0 saturated carbocycles. The molecule has 0 radical (unpaired) electrons. The normalized spacial score (nSPS) is 12.6. The number of aromatic nitrogens is 1. The molecule has 3 N–H and O–H groups in total. The van der Waals surface area contributed by atoms with Crippen molar-refractivity contribution in [3.05, 3.63) is 49.9 Å². The molecular weight excluding hydrogens is 478 g/mol. The molecule has 0 aliphatic rings. The maximum absolute atomic E-state index is 6.19. The zero-order valence-electron chi connectivity index (χ0n) is 13.6. The second-order valence-electron chi connectivity index (χ2n) is 5.29. The first-order valence-corrected chi connectivity index (χ1v) is 9.01. The third kappa shape index (κ3) is 6.74. The fourth-order valence-corrected chi connectivity index (χ4v) is 3.54. The number of aryl methyl sites for hydroxylation is 2. The van der Waals surface area contributed by atoms with Gasteiger partial charge in [0.25, 0.3) is 0 Å². The molecule has 1 heterocycles. The van der Waals surface area contributed by atoms with Gasteiger partial charge in [0.1, 0.15) is 0 Å². The van der Waals surface area contributed by atoms with E-state index in [2.05, 4.69) is 20.7 Å². The van der Waals surface area contributed by atoms with Crippen LogP contribution in [0.1, 0.15) is 35.7 Å². The van der Waals surface area contributed by atoms with E-state index in [9.17, 15) is 0 Å². The number of rotatable bonds is 6. The van der Waals surface area contributed by atoms with E-state index in [1.54, 1.807) is 17.4 Å². The highest BCUT2D eigenvalue weighted by atomic mass is 127. The predicted molar refractivity (Wildman–Crippen MR) is 115 cm³/mol.